The number of hydrogen-bond acceptors (Lipinski definition) is 3. The molecule has 0 unspecified atom stereocenters. The summed E-state index contributed by atoms with van der Waals surface area (Å²) < 4.78 is 15.1. The van der Waals surface area contributed by atoms with Gasteiger partial charge in [0.25, 0.3) is 0 Å². The average Bonchev–Trinajstić information content (AvgIpc) is 2.15. The first-order chi connectivity index (χ1) is 6.90. The third-order valence-electron chi connectivity index (χ3n) is 2.06. The van der Waals surface area contributed by atoms with Gasteiger partial charge in [-0.1, -0.05) is 30.3 Å². The third kappa shape index (κ3) is 4.11. The van der Waals surface area contributed by atoms with Gasteiger partial charge in [-0.3, -0.25) is 0 Å². The van der Waals surface area contributed by atoms with E-state index in [0.717, 1.165) is 10.6 Å². The molecule has 0 aliphatic heterocycles. The Bertz CT molecular complexity index is 350. The highest BCUT2D eigenvalue weighted by Gasteiger charge is 2.22. The van der Waals surface area contributed by atoms with Crippen molar-refractivity contribution in [2.75, 3.05) is 7.05 Å². The summed E-state index contributed by atoms with van der Waals surface area (Å²) in [7, 11) is -2.99. The van der Waals surface area contributed by atoms with Crippen LogP contribution in [-0.2, 0) is 9.19 Å². The van der Waals surface area contributed by atoms with Crippen LogP contribution >= 0.6 is 7.82 Å². The molecular weight excluding hydrogens is 217 g/mol. The molecule has 1 atom stereocenters. The molecule has 0 radical (unpaired) electrons. The summed E-state index contributed by atoms with van der Waals surface area (Å²) in [6.45, 7) is 1.80. The number of nitrogens with zero attached hydrogens (tertiary/aromatic N) is 1. The number of benzene rings is 1. The van der Waals surface area contributed by atoms with E-state index in [-0.39, 0.29) is 6.04 Å². The quantitative estimate of drug-likeness (QED) is 0.609. The standard InChI is InChI=1S/C9H14NO4P/c1-8(9-6-4-3-5-7-9)10(2)14-15(11,12)13/h3-8H,1-2H3,(H2,11,12,13)/t8-/m1/s1. The summed E-state index contributed by atoms with van der Waals surface area (Å²) in [6.07, 6.45) is 0. The number of hydroxylamine groups is 2. The number of hydrogen-bond donors (Lipinski definition) is 2. The van der Waals surface area contributed by atoms with Crippen LogP contribution in [0, 0.1) is 0 Å². The van der Waals surface area contributed by atoms with E-state index >= 15 is 0 Å². The maximum atomic E-state index is 10.6. The predicted molar refractivity (Wildman–Crippen MR) is 55.7 cm³/mol. The largest absolute Gasteiger partial charge is 0.486 e. The van der Waals surface area contributed by atoms with Crippen molar-refractivity contribution in [3.63, 3.8) is 0 Å². The Hall–Kier alpha value is -0.710. The fourth-order valence-corrected chi connectivity index (χ4v) is 1.66. The Labute approximate surface area is 88.5 Å². The first-order valence-corrected chi connectivity index (χ1v) is 5.96. The molecule has 84 valence electrons. The predicted octanol–water partition coefficient (Wildman–Crippen LogP) is 1.70. The molecule has 0 spiro atoms. The van der Waals surface area contributed by atoms with E-state index in [1.165, 1.54) is 7.05 Å². The summed E-state index contributed by atoms with van der Waals surface area (Å²) >= 11 is 0. The molecule has 0 aliphatic rings. The molecule has 0 aromatic heterocycles. The summed E-state index contributed by atoms with van der Waals surface area (Å²) in [5, 5.41) is 1.15. The zero-order valence-corrected chi connectivity index (χ0v) is 9.46. The molecule has 1 rings (SSSR count). The molecule has 6 heteroatoms. The van der Waals surface area contributed by atoms with Gasteiger partial charge in [-0.05, 0) is 12.5 Å². The molecule has 0 fully saturated rings. The highest BCUT2D eigenvalue weighted by atomic mass is 31.2. The Morgan fingerprint density at radius 1 is 1.33 bits per heavy atom. The Balaban J connectivity index is 2.69. The molecule has 0 heterocycles. The lowest BCUT2D eigenvalue weighted by atomic mass is 10.1. The lowest BCUT2D eigenvalue weighted by Crippen LogP contribution is -2.21. The van der Waals surface area contributed by atoms with Crippen LogP contribution in [0.4, 0.5) is 0 Å². The topological polar surface area (TPSA) is 70.0 Å². The van der Waals surface area contributed by atoms with Crippen molar-refractivity contribution in [3.8, 4) is 0 Å². The second-order valence-electron chi connectivity index (χ2n) is 3.21. The second kappa shape index (κ2) is 4.88. The van der Waals surface area contributed by atoms with Crippen LogP contribution in [0.5, 0.6) is 0 Å². The fraction of sp³-hybridized carbons (Fsp3) is 0.333. The van der Waals surface area contributed by atoms with Crippen molar-refractivity contribution in [3.05, 3.63) is 35.9 Å². The van der Waals surface area contributed by atoms with Gasteiger partial charge in [0.15, 0.2) is 0 Å². The van der Waals surface area contributed by atoms with Crippen molar-refractivity contribution in [2.45, 2.75) is 13.0 Å². The van der Waals surface area contributed by atoms with E-state index in [4.69, 9.17) is 9.79 Å². The maximum absolute atomic E-state index is 10.6. The normalized spacial score (nSPS) is 14.2. The molecule has 0 amide bonds. The van der Waals surface area contributed by atoms with E-state index in [9.17, 15) is 4.57 Å². The molecule has 1 aromatic carbocycles. The highest BCUT2D eigenvalue weighted by molar-refractivity contribution is 7.46. The number of phosphoric acid groups is 1. The number of rotatable bonds is 4. The molecule has 0 saturated heterocycles. The molecular formula is C9H14NO4P. The monoisotopic (exact) mass is 231 g/mol. The SMILES string of the molecule is C[C@H](c1ccccc1)N(C)OP(=O)(O)O. The van der Waals surface area contributed by atoms with Crippen molar-refractivity contribution in [2.24, 2.45) is 0 Å². The van der Waals surface area contributed by atoms with Gasteiger partial charge in [0.05, 0.1) is 6.04 Å². The Kier molecular flexibility index (Phi) is 4.02. The van der Waals surface area contributed by atoms with Crippen molar-refractivity contribution in [1.82, 2.24) is 5.06 Å². The minimum atomic E-state index is -4.47. The van der Waals surface area contributed by atoms with Crippen LogP contribution in [0.25, 0.3) is 0 Å². The van der Waals surface area contributed by atoms with Crippen LogP contribution in [0.3, 0.4) is 0 Å². The van der Waals surface area contributed by atoms with Crippen molar-refractivity contribution >= 4 is 7.82 Å². The Morgan fingerprint density at radius 3 is 2.33 bits per heavy atom. The van der Waals surface area contributed by atoms with E-state index < -0.39 is 7.82 Å². The molecule has 1 aromatic rings. The minimum absolute atomic E-state index is 0.223. The third-order valence-corrected chi connectivity index (χ3v) is 2.53. The first-order valence-electron chi connectivity index (χ1n) is 4.43. The van der Waals surface area contributed by atoms with Gasteiger partial charge in [-0.25, -0.2) is 4.57 Å². The molecule has 15 heavy (non-hydrogen) atoms. The Morgan fingerprint density at radius 2 is 1.87 bits per heavy atom. The van der Waals surface area contributed by atoms with Crippen molar-refractivity contribution in [1.29, 1.82) is 0 Å². The smallest absolute Gasteiger partial charge is 0.302 e. The zero-order valence-electron chi connectivity index (χ0n) is 8.57. The summed E-state index contributed by atoms with van der Waals surface area (Å²) in [6, 6.07) is 9.10. The minimum Gasteiger partial charge on any atom is -0.302 e. The van der Waals surface area contributed by atoms with Gasteiger partial charge in [-0.2, -0.15) is 9.69 Å². The maximum Gasteiger partial charge on any atom is 0.486 e. The summed E-state index contributed by atoms with van der Waals surface area (Å²) in [4.78, 5) is 17.3. The lowest BCUT2D eigenvalue weighted by Gasteiger charge is -2.23. The second-order valence-corrected chi connectivity index (χ2v) is 4.35. The molecule has 0 saturated carbocycles. The van der Waals surface area contributed by atoms with Gasteiger partial charge in [0.1, 0.15) is 0 Å². The van der Waals surface area contributed by atoms with Crippen LogP contribution in [0.15, 0.2) is 30.3 Å². The van der Waals surface area contributed by atoms with Gasteiger partial charge in [0, 0.05) is 7.05 Å². The van der Waals surface area contributed by atoms with Crippen LogP contribution in [0.2, 0.25) is 0 Å². The van der Waals surface area contributed by atoms with Gasteiger partial charge < -0.3 is 9.79 Å². The average molecular weight is 231 g/mol. The molecule has 2 N–H and O–H groups in total. The van der Waals surface area contributed by atoms with E-state index in [2.05, 4.69) is 4.62 Å². The summed E-state index contributed by atoms with van der Waals surface area (Å²) in [5.41, 5.74) is 0.924. The first kappa shape index (κ1) is 12.4. The van der Waals surface area contributed by atoms with Crippen LogP contribution < -0.4 is 0 Å². The van der Waals surface area contributed by atoms with E-state index in [0.29, 0.717) is 0 Å². The lowest BCUT2D eigenvalue weighted by molar-refractivity contribution is -0.0882. The van der Waals surface area contributed by atoms with Crippen molar-refractivity contribution < 1.29 is 19.0 Å². The molecule has 5 nitrogen and oxygen atoms in total. The molecule has 0 bridgehead atoms. The summed E-state index contributed by atoms with van der Waals surface area (Å²) in [5.74, 6) is 0. The van der Waals surface area contributed by atoms with E-state index in [1.807, 2.05) is 30.3 Å². The molecule has 0 aliphatic carbocycles. The highest BCUT2D eigenvalue weighted by Crippen LogP contribution is 2.39. The van der Waals surface area contributed by atoms with E-state index in [1.54, 1.807) is 6.92 Å². The van der Waals surface area contributed by atoms with Gasteiger partial charge in [0.2, 0.25) is 0 Å². The van der Waals surface area contributed by atoms with Gasteiger partial charge >= 0.3 is 7.82 Å². The zero-order chi connectivity index (χ0) is 11.5. The van der Waals surface area contributed by atoms with Crippen LogP contribution in [0.1, 0.15) is 18.5 Å². The fourth-order valence-electron chi connectivity index (χ4n) is 1.18. The van der Waals surface area contributed by atoms with Crippen LogP contribution in [-0.4, -0.2) is 21.9 Å². The van der Waals surface area contributed by atoms with Gasteiger partial charge in [-0.15, -0.1) is 0 Å².